The smallest absolute Gasteiger partial charge is 0.420 e. The average Bonchev–Trinajstić information content (AvgIpc) is 2.43. The van der Waals surface area contributed by atoms with Gasteiger partial charge >= 0.3 is 6.18 Å². The third-order valence-electron chi connectivity index (χ3n) is 3.59. The predicted octanol–water partition coefficient (Wildman–Crippen LogP) is 4.52. The summed E-state index contributed by atoms with van der Waals surface area (Å²) in [6.07, 6.45) is -4.66. The molecule has 1 amide bonds. The minimum atomic E-state index is -4.66. The number of nitrogens with two attached hydrogens (primary N) is 1. The van der Waals surface area contributed by atoms with Gasteiger partial charge in [-0.2, -0.15) is 13.2 Å². The van der Waals surface area contributed by atoms with Crippen molar-refractivity contribution in [1.29, 1.82) is 0 Å². The second kappa shape index (κ2) is 5.95. The van der Waals surface area contributed by atoms with Crippen LogP contribution in [-0.2, 0) is 6.18 Å². The molecular weight excluding hydrogens is 307 g/mol. The molecule has 0 aromatic heterocycles. The summed E-state index contributed by atoms with van der Waals surface area (Å²) in [6.45, 7) is 5.44. The monoisotopic (exact) mass is 323 g/mol. The van der Waals surface area contributed by atoms with E-state index in [4.69, 9.17) is 10.5 Å². The summed E-state index contributed by atoms with van der Waals surface area (Å²) in [5.74, 6) is -1.29. The molecule has 0 aliphatic heterocycles. The molecule has 0 fully saturated rings. The highest BCUT2D eigenvalue weighted by molar-refractivity contribution is 5.96. The van der Waals surface area contributed by atoms with E-state index in [9.17, 15) is 18.0 Å². The van der Waals surface area contributed by atoms with Crippen LogP contribution in [0.4, 0.5) is 13.2 Å². The van der Waals surface area contributed by atoms with Crippen molar-refractivity contribution < 1.29 is 22.7 Å². The molecule has 2 aromatic rings. The molecule has 0 atom stereocenters. The van der Waals surface area contributed by atoms with Gasteiger partial charge in [-0.3, -0.25) is 4.79 Å². The Kier molecular flexibility index (Phi) is 4.36. The molecule has 0 aliphatic carbocycles. The average molecular weight is 323 g/mol. The molecule has 0 unspecified atom stereocenters. The van der Waals surface area contributed by atoms with Gasteiger partial charge in [0.05, 0.1) is 11.1 Å². The van der Waals surface area contributed by atoms with Gasteiger partial charge in [0.25, 0.3) is 5.91 Å². The van der Waals surface area contributed by atoms with Crippen LogP contribution in [0.25, 0.3) is 0 Å². The van der Waals surface area contributed by atoms with E-state index in [1.165, 1.54) is 6.07 Å². The number of hydrogen-bond acceptors (Lipinski definition) is 2. The van der Waals surface area contributed by atoms with Crippen molar-refractivity contribution in [2.75, 3.05) is 0 Å². The standard InChI is InChI=1S/C17H16F3NO2/c1-9-7-11(3)14(8-10(9)2)23-15-12(16(21)22)5-4-6-13(15)17(18,19)20/h4-8H,1-3H3,(H2,21,22). The van der Waals surface area contributed by atoms with Crippen molar-refractivity contribution >= 4 is 5.91 Å². The van der Waals surface area contributed by atoms with Crippen LogP contribution in [0.5, 0.6) is 11.5 Å². The van der Waals surface area contributed by atoms with E-state index in [0.717, 1.165) is 23.3 Å². The Hall–Kier alpha value is -2.50. The van der Waals surface area contributed by atoms with E-state index in [-0.39, 0.29) is 11.3 Å². The molecule has 23 heavy (non-hydrogen) atoms. The fourth-order valence-electron chi connectivity index (χ4n) is 2.22. The fourth-order valence-corrected chi connectivity index (χ4v) is 2.22. The van der Waals surface area contributed by atoms with Gasteiger partial charge in [0, 0.05) is 0 Å². The molecule has 0 aliphatic rings. The van der Waals surface area contributed by atoms with Crippen LogP contribution in [0.3, 0.4) is 0 Å². The van der Waals surface area contributed by atoms with Gasteiger partial charge in [-0.25, -0.2) is 0 Å². The number of benzene rings is 2. The summed E-state index contributed by atoms with van der Waals surface area (Å²) in [5.41, 5.74) is 6.38. The van der Waals surface area contributed by atoms with Crippen LogP contribution < -0.4 is 10.5 Å². The van der Waals surface area contributed by atoms with Crippen LogP contribution in [0.15, 0.2) is 30.3 Å². The van der Waals surface area contributed by atoms with Crippen molar-refractivity contribution in [3.8, 4) is 11.5 Å². The minimum absolute atomic E-state index is 0.257. The Morgan fingerprint density at radius 1 is 1.04 bits per heavy atom. The van der Waals surface area contributed by atoms with Crippen molar-refractivity contribution in [3.63, 3.8) is 0 Å². The van der Waals surface area contributed by atoms with Gasteiger partial charge in [-0.1, -0.05) is 12.1 Å². The molecule has 0 radical (unpaired) electrons. The van der Waals surface area contributed by atoms with Gasteiger partial charge in [0.1, 0.15) is 5.75 Å². The molecule has 3 nitrogen and oxygen atoms in total. The number of primary amides is 1. The highest BCUT2D eigenvalue weighted by Gasteiger charge is 2.36. The van der Waals surface area contributed by atoms with E-state index in [1.807, 2.05) is 19.9 Å². The molecule has 6 heteroatoms. The fraction of sp³-hybridized carbons (Fsp3) is 0.235. The van der Waals surface area contributed by atoms with Crippen LogP contribution in [0.1, 0.15) is 32.6 Å². The zero-order valence-electron chi connectivity index (χ0n) is 12.9. The number of carbonyl (C=O) groups is 1. The topological polar surface area (TPSA) is 52.3 Å². The quantitative estimate of drug-likeness (QED) is 0.903. The zero-order valence-corrected chi connectivity index (χ0v) is 12.9. The molecular formula is C17H16F3NO2. The molecule has 2 rings (SSSR count). The molecule has 2 N–H and O–H groups in total. The lowest BCUT2D eigenvalue weighted by Gasteiger charge is -2.18. The van der Waals surface area contributed by atoms with Gasteiger partial charge in [0.15, 0.2) is 5.75 Å². The van der Waals surface area contributed by atoms with Crippen LogP contribution in [0, 0.1) is 20.8 Å². The van der Waals surface area contributed by atoms with Crippen molar-refractivity contribution in [1.82, 2.24) is 0 Å². The Balaban J connectivity index is 2.63. The zero-order chi connectivity index (χ0) is 17.4. The third-order valence-corrected chi connectivity index (χ3v) is 3.59. The summed E-state index contributed by atoms with van der Waals surface area (Å²) in [5, 5.41) is 0. The summed E-state index contributed by atoms with van der Waals surface area (Å²) >= 11 is 0. The first kappa shape index (κ1) is 16.9. The lowest BCUT2D eigenvalue weighted by molar-refractivity contribution is -0.138. The predicted molar refractivity (Wildman–Crippen MR) is 80.7 cm³/mol. The Morgan fingerprint density at radius 3 is 2.22 bits per heavy atom. The number of para-hydroxylation sites is 1. The first-order chi connectivity index (χ1) is 10.6. The van der Waals surface area contributed by atoms with E-state index >= 15 is 0 Å². The maximum atomic E-state index is 13.2. The molecule has 0 saturated carbocycles. The number of amides is 1. The second-order valence-electron chi connectivity index (χ2n) is 5.35. The Morgan fingerprint density at radius 2 is 1.65 bits per heavy atom. The number of ether oxygens (including phenoxy) is 1. The molecule has 0 saturated heterocycles. The number of hydrogen-bond donors (Lipinski definition) is 1. The summed E-state index contributed by atoms with van der Waals surface area (Å²) in [6, 6.07) is 6.65. The van der Waals surface area contributed by atoms with Gasteiger partial charge in [0.2, 0.25) is 0 Å². The van der Waals surface area contributed by atoms with Crippen LogP contribution in [-0.4, -0.2) is 5.91 Å². The normalized spacial score (nSPS) is 11.4. The molecule has 0 spiro atoms. The maximum absolute atomic E-state index is 13.2. The van der Waals surface area contributed by atoms with E-state index < -0.39 is 23.4 Å². The van der Waals surface area contributed by atoms with Gasteiger partial charge in [-0.05, 0) is 55.7 Å². The molecule has 122 valence electrons. The molecule has 2 aromatic carbocycles. The van der Waals surface area contributed by atoms with Crippen molar-refractivity contribution in [2.24, 2.45) is 5.73 Å². The Labute approximate surface area is 131 Å². The van der Waals surface area contributed by atoms with Gasteiger partial charge in [-0.15, -0.1) is 0 Å². The Bertz CT molecular complexity index is 767. The second-order valence-corrected chi connectivity index (χ2v) is 5.35. The number of halogens is 3. The lowest BCUT2D eigenvalue weighted by Crippen LogP contribution is -2.16. The van der Waals surface area contributed by atoms with E-state index in [1.54, 1.807) is 13.0 Å². The minimum Gasteiger partial charge on any atom is -0.456 e. The highest BCUT2D eigenvalue weighted by atomic mass is 19.4. The van der Waals surface area contributed by atoms with Crippen molar-refractivity contribution in [2.45, 2.75) is 26.9 Å². The molecule has 0 heterocycles. The van der Waals surface area contributed by atoms with E-state index in [0.29, 0.717) is 5.56 Å². The summed E-state index contributed by atoms with van der Waals surface area (Å²) in [4.78, 5) is 11.5. The van der Waals surface area contributed by atoms with Crippen LogP contribution >= 0.6 is 0 Å². The lowest BCUT2D eigenvalue weighted by atomic mass is 10.0. The first-order valence-electron chi connectivity index (χ1n) is 6.87. The van der Waals surface area contributed by atoms with Crippen LogP contribution in [0.2, 0.25) is 0 Å². The first-order valence-corrected chi connectivity index (χ1v) is 6.87. The maximum Gasteiger partial charge on any atom is 0.420 e. The van der Waals surface area contributed by atoms with Crippen molar-refractivity contribution in [3.05, 3.63) is 58.1 Å². The number of alkyl halides is 3. The summed E-state index contributed by atoms with van der Waals surface area (Å²) < 4.78 is 45.1. The number of carbonyl (C=O) groups excluding carboxylic acids is 1. The van der Waals surface area contributed by atoms with E-state index in [2.05, 4.69) is 0 Å². The largest absolute Gasteiger partial charge is 0.456 e. The number of aryl methyl sites for hydroxylation is 3. The number of rotatable bonds is 3. The molecule has 0 bridgehead atoms. The van der Waals surface area contributed by atoms with Gasteiger partial charge < -0.3 is 10.5 Å². The third kappa shape index (κ3) is 3.47. The highest BCUT2D eigenvalue weighted by Crippen LogP contribution is 2.41. The summed E-state index contributed by atoms with van der Waals surface area (Å²) in [7, 11) is 0. The SMILES string of the molecule is Cc1cc(C)c(Oc2c(C(N)=O)cccc2C(F)(F)F)cc1C.